The number of fused-ring (bicyclic) bond motifs is 2. The molecule has 1 amide bonds. The lowest BCUT2D eigenvalue weighted by Crippen LogP contribution is -2.32. The van der Waals surface area contributed by atoms with Crippen LogP contribution in [0.5, 0.6) is 11.5 Å². The normalized spacial score (nSPS) is 12.7. The standard InChI is InChI=1S/C23H24N2O5S/c1-31(27,28)25(20-10-11-21-22(14-20)30-16-29-21)12-4-7-23(26)24-15-17-8-9-18-5-2-3-6-19(18)13-17/h2-3,5-6,8-11,13-14H,4,7,12,15-16H2,1H3,(H,24,26). The third-order valence-corrected chi connectivity index (χ3v) is 6.31. The van der Waals surface area contributed by atoms with Crippen LogP contribution >= 0.6 is 0 Å². The topological polar surface area (TPSA) is 84.9 Å². The zero-order valence-corrected chi connectivity index (χ0v) is 18.0. The van der Waals surface area contributed by atoms with Crippen molar-refractivity contribution in [3.63, 3.8) is 0 Å². The summed E-state index contributed by atoms with van der Waals surface area (Å²) in [6.45, 7) is 0.749. The zero-order valence-electron chi connectivity index (χ0n) is 17.2. The molecule has 0 unspecified atom stereocenters. The molecule has 0 saturated carbocycles. The molecular weight excluding hydrogens is 416 g/mol. The van der Waals surface area contributed by atoms with Crippen LogP contribution in [-0.2, 0) is 21.4 Å². The Hall–Kier alpha value is -3.26. The average Bonchev–Trinajstić information content (AvgIpc) is 3.22. The van der Waals surface area contributed by atoms with Crippen LogP contribution in [0, 0.1) is 0 Å². The van der Waals surface area contributed by atoms with Crippen molar-refractivity contribution < 1.29 is 22.7 Å². The molecule has 0 bridgehead atoms. The van der Waals surface area contributed by atoms with E-state index in [4.69, 9.17) is 9.47 Å². The highest BCUT2D eigenvalue weighted by Crippen LogP contribution is 2.36. The molecule has 3 aromatic carbocycles. The van der Waals surface area contributed by atoms with Gasteiger partial charge in [-0.2, -0.15) is 0 Å². The summed E-state index contributed by atoms with van der Waals surface area (Å²) >= 11 is 0. The first-order chi connectivity index (χ1) is 14.9. The Balaban J connectivity index is 1.32. The zero-order chi connectivity index (χ0) is 21.8. The largest absolute Gasteiger partial charge is 0.454 e. The van der Waals surface area contributed by atoms with E-state index in [9.17, 15) is 13.2 Å². The lowest BCUT2D eigenvalue weighted by atomic mass is 10.1. The Labute approximate surface area is 181 Å². The van der Waals surface area contributed by atoms with Gasteiger partial charge in [-0.05, 0) is 41.0 Å². The van der Waals surface area contributed by atoms with E-state index in [1.165, 1.54) is 4.31 Å². The molecule has 3 aromatic rings. The molecule has 0 spiro atoms. The highest BCUT2D eigenvalue weighted by molar-refractivity contribution is 7.92. The van der Waals surface area contributed by atoms with Gasteiger partial charge in [-0.3, -0.25) is 9.10 Å². The van der Waals surface area contributed by atoms with Gasteiger partial charge in [-0.25, -0.2) is 8.42 Å². The summed E-state index contributed by atoms with van der Waals surface area (Å²) in [6, 6.07) is 19.2. The predicted molar refractivity (Wildman–Crippen MR) is 120 cm³/mol. The van der Waals surface area contributed by atoms with E-state index in [1.807, 2.05) is 36.4 Å². The van der Waals surface area contributed by atoms with Gasteiger partial charge in [0.15, 0.2) is 11.5 Å². The summed E-state index contributed by atoms with van der Waals surface area (Å²) in [7, 11) is -3.50. The average molecular weight is 441 g/mol. The van der Waals surface area contributed by atoms with Gasteiger partial charge >= 0.3 is 0 Å². The maximum atomic E-state index is 12.3. The van der Waals surface area contributed by atoms with Gasteiger partial charge in [0.25, 0.3) is 0 Å². The summed E-state index contributed by atoms with van der Waals surface area (Å²) in [5, 5.41) is 5.19. The number of anilines is 1. The maximum absolute atomic E-state index is 12.3. The first-order valence-electron chi connectivity index (χ1n) is 10.0. The number of nitrogens with one attached hydrogen (secondary N) is 1. The molecule has 0 atom stereocenters. The van der Waals surface area contributed by atoms with E-state index in [-0.39, 0.29) is 25.7 Å². The molecule has 162 valence electrons. The van der Waals surface area contributed by atoms with Crippen molar-refractivity contribution in [2.45, 2.75) is 19.4 Å². The van der Waals surface area contributed by atoms with Crippen molar-refractivity contribution >= 4 is 32.4 Å². The van der Waals surface area contributed by atoms with Crippen LogP contribution in [0.25, 0.3) is 10.8 Å². The molecule has 0 saturated heterocycles. The van der Waals surface area contributed by atoms with Gasteiger partial charge in [0.05, 0.1) is 11.9 Å². The van der Waals surface area contributed by atoms with Crippen LogP contribution in [0.2, 0.25) is 0 Å². The second kappa shape index (κ2) is 8.85. The summed E-state index contributed by atoms with van der Waals surface area (Å²) < 4.78 is 36.5. The third-order valence-electron chi connectivity index (χ3n) is 5.11. The summed E-state index contributed by atoms with van der Waals surface area (Å²) in [6.07, 6.45) is 1.77. The lowest BCUT2D eigenvalue weighted by molar-refractivity contribution is -0.121. The summed E-state index contributed by atoms with van der Waals surface area (Å²) in [4.78, 5) is 12.3. The first kappa shape index (κ1) is 21.0. The number of carbonyl (C=O) groups excluding carboxylic acids is 1. The van der Waals surface area contributed by atoms with E-state index < -0.39 is 10.0 Å². The fraction of sp³-hybridized carbons (Fsp3) is 0.261. The molecule has 8 heteroatoms. The van der Waals surface area contributed by atoms with Gasteiger partial charge in [0.2, 0.25) is 22.7 Å². The van der Waals surface area contributed by atoms with Gasteiger partial charge < -0.3 is 14.8 Å². The minimum absolute atomic E-state index is 0.118. The molecule has 0 aliphatic carbocycles. The molecule has 0 radical (unpaired) electrons. The van der Waals surface area contributed by atoms with Crippen molar-refractivity contribution in [2.24, 2.45) is 0 Å². The van der Waals surface area contributed by atoms with Crippen molar-refractivity contribution in [1.29, 1.82) is 0 Å². The van der Waals surface area contributed by atoms with E-state index in [0.717, 1.165) is 22.6 Å². The summed E-state index contributed by atoms with van der Waals surface area (Å²) in [5.74, 6) is 0.983. The third kappa shape index (κ3) is 5.08. The van der Waals surface area contributed by atoms with Crippen LogP contribution in [-0.4, -0.2) is 33.9 Å². The number of amides is 1. The minimum atomic E-state index is -3.50. The van der Waals surface area contributed by atoms with E-state index >= 15 is 0 Å². The smallest absolute Gasteiger partial charge is 0.232 e. The second-order valence-corrected chi connectivity index (χ2v) is 9.34. The fourth-order valence-electron chi connectivity index (χ4n) is 3.55. The van der Waals surface area contributed by atoms with Crippen molar-refractivity contribution in [2.75, 3.05) is 23.9 Å². The Bertz CT molecular complexity index is 1210. The highest BCUT2D eigenvalue weighted by Gasteiger charge is 2.21. The van der Waals surface area contributed by atoms with Crippen LogP contribution in [0.1, 0.15) is 18.4 Å². The summed E-state index contributed by atoms with van der Waals surface area (Å²) in [5.41, 5.74) is 1.51. The second-order valence-electron chi connectivity index (χ2n) is 7.43. The number of benzene rings is 3. The Morgan fingerprint density at radius 1 is 1.00 bits per heavy atom. The number of carbonyl (C=O) groups is 1. The Morgan fingerprint density at radius 2 is 1.77 bits per heavy atom. The SMILES string of the molecule is CS(=O)(=O)N(CCCC(=O)NCc1ccc2ccccc2c1)c1ccc2c(c1)OCO2. The molecule has 0 fully saturated rings. The quantitative estimate of drug-likeness (QED) is 0.580. The molecule has 31 heavy (non-hydrogen) atoms. The van der Waals surface area contributed by atoms with E-state index in [2.05, 4.69) is 11.4 Å². The van der Waals surface area contributed by atoms with Crippen molar-refractivity contribution in [3.05, 3.63) is 66.2 Å². The van der Waals surface area contributed by atoms with Crippen LogP contribution in [0.3, 0.4) is 0 Å². The molecule has 1 aliphatic rings. The Morgan fingerprint density at radius 3 is 2.58 bits per heavy atom. The fourth-order valence-corrected chi connectivity index (χ4v) is 4.51. The van der Waals surface area contributed by atoms with Crippen LogP contribution in [0.4, 0.5) is 5.69 Å². The lowest BCUT2D eigenvalue weighted by Gasteiger charge is -2.22. The number of ether oxygens (including phenoxy) is 2. The first-order valence-corrected chi connectivity index (χ1v) is 11.9. The molecule has 1 heterocycles. The number of hydrogen-bond donors (Lipinski definition) is 1. The van der Waals surface area contributed by atoms with Gasteiger partial charge in [-0.15, -0.1) is 0 Å². The highest BCUT2D eigenvalue weighted by atomic mass is 32.2. The number of hydrogen-bond acceptors (Lipinski definition) is 5. The molecule has 1 N–H and O–H groups in total. The van der Waals surface area contributed by atoms with Crippen LogP contribution < -0.4 is 19.1 Å². The van der Waals surface area contributed by atoms with Crippen molar-refractivity contribution in [3.8, 4) is 11.5 Å². The number of rotatable bonds is 8. The minimum Gasteiger partial charge on any atom is -0.454 e. The van der Waals surface area contributed by atoms with Gasteiger partial charge in [0, 0.05) is 25.6 Å². The maximum Gasteiger partial charge on any atom is 0.232 e. The van der Waals surface area contributed by atoms with Gasteiger partial charge in [0.1, 0.15) is 0 Å². The molecule has 4 rings (SSSR count). The van der Waals surface area contributed by atoms with E-state index in [0.29, 0.717) is 30.2 Å². The Kier molecular flexibility index (Phi) is 5.99. The molecule has 1 aliphatic heterocycles. The monoisotopic (exact) mass is 440 g/mol. The predicted octanol–water partition coefficient (Wildman–Crippen LogP) is 3.43. The van der Waals surface area contributed by atoms with Gasteiger partial charge in [-0.1, -0.05) is 36.4 Å². The van der Waals surface area contributed by atoms with E-state index in [1.54, 1.807) is 18.2 Å². The molecular formula is C23H24N2O5S. The number of sulfonamides is 1. The van der Waals surface area contributed by atoms with Crippen molar-refractivity contribution in [1.82, 2.24) is 5.32 Å². The molecule has 7 nitrogen and oxygen atoms in total. The molecule has 0 aromatic heterocycles. The number of nitrogens with zero attached hydrogens (tertiary/aromatic N) is 1. The van der Waals surface area contributed by atoms with Crippen LogP contribution in [0.15, 0.2) is 60.7 Å².